The van der Waals surface area contributed by atoms with E-state index in [9.17, 15) is 24.0 Å². The number of imide groups is 1. The van der Waals surface area contributed by atoms with Gasteiger partial charge in [-0.1, -0.05) is 11.3 Å². The first-order valence-electron chi connectivity index (χ1n) is 10.1. The van der Waals surface area contributed by atoms with E-state index in [0.717, 1.165) is 9.91 Å². The molecule has 174 valence electrons. The Hall–Kier alpha value is -4.61. The molecule has 0 bridgehead atoms. The molecular weight excluding hydrogens is 446 g/mol. The Labute approximate surface area is 193 Å². The molecule has 0 aromatic heterocycles. The number of carbonyl (C=O) groups is 5. The smallest absolute Gasteiger partial charge is 0.337 e. The monoisotopic (exact) mass is 465 g/mol. The number of anilines is 2. The highest BCUT2D eigenvalue weighted by Crippen LogP contribution is 2.32. The van der Waals surface area contributed by atoms with Crippen LogP contribution >= 0.6 is 0 Å². The average Bonchev–Trinajstić information content (AvgIpc) is 3.37. The van der Waals surface area contributed by atoms with Crippen LogP contribution in [0.2, 0.25) is 0 Å². The van der Waals surface area contributed by atoms with Crippen molar-refractivity contribution in [2.24, 2.45) is 10.3 Å². The number of carbonyl (C=O) groups excluding carboxylic acids is 5. The predicted molar refractivity (Wildman–Crippen MR) is 116 cm³/mol. The normalized spacial score (nSPS) is 18.6. The Morgan fingerprint density at radius 2 is 1.62 bits per heavy atom. The number of nitrogens with zero attached hydrogens (tertiary/aromatic N) is 4. The quantitative estimate of drug-likeness (QED) is 0.494. The summed E-state index contributed by atoms with van der Waals surface area (Å²) in [4.78, 5) is 62.7. The molecule has 12 heteroatoms. The maximum atomic E-state index is 13.1. The number of fused-ring (bicyclic) bond motifs is 1. The third kappa shape index (κ3) is 4.08. The highest BCUT2D eigenvalue weighted by atomic mass is 16.5. The lowest BCUT2D eigenvalue weighted by atomic mass is 10.1. The molecule has 1 fully saturated rings. The molecule has 2 aromatic rings. The van der Waals surface area contributed by atoms with Gasteiger partial charge in [-0.2, -0.15) is 5.11 Å². The largest absolute Gasteiger partial charge is 0.465 e. The standard InChI is InChI=1S/C22H19N5O7/c1-33-21(31)12-6-8-14(9-7-12)23-16(28)11-26-18-17(24-25-26)19(29)27(20(18)30)15-5-3-4-13(10-15)22(32)34-2/h3-10,17-18H,11H2,1-2H3,(H,23,28)/t17-,18-/m1/s1. The molecule has 34 heavy (non-hydrogen) atoms. The van der Waals surface area contributed by atoms with Crippen molar-refractivity contribution in [1.82, 2.24) is 5.01 Å². The van der Waals surface area contributed by atoms with Gasteiger partial charge in [0.25, 0.3) is 11.8 Å². The number of rotatable bonds is 6. The van der Waals surface area contributed by atoms with Crippen LogP contribution in [0.5, 0.6) is 0 Å². The first-order chi connectivity index (χ1) is 16.3. The highest BCUT2D eigenvalue weighted by molar-refractivity contribution is 6.25. The third-order valence-corrected chi connectivity index (χ3v) is 5.28. The van der Waals surface area contributed by atoms with Gasteiger partial charge >= 0.3 is 11.9 Å². The lowest BCUT2D eigenvalue weighted by Gasteiger charge is -2.20. The summed E-state index contributed by atoms with van der Waals surface area (Å²) in [6.45, 7) is -0.335. The summed E-state index contributed by atoms with van der Waals surface area (Å²) in [7, 11) is 2.49. The molecule has 0 radical (unpaired) electrons. The molecule has 12 nitrogen and oxygen atoms in total. The number of esters is 2. The van der Waals surface area contributed by atoms with Gasteiger partial charge < -0.3 is 14.8 Å². The molecule has 2 aliphatic rings. The Morgan fingerprint density at radius 3 is 2.29 bits per heavy atom. The lowest BCUT2D eigenvalue weighted by molar-refractivity contribution is -0.123. The van der Waals surface area contributed by atoms with Crippen LogP contribution in [-0.2, 0) is 23.9 Å². The maximum absolute atomic E-state index is 13.1. The van der Waals surface area contributed by atoms with Gasteiger partial charge in [0.05, 0.1) is 31.0 Å². The molecule has 1 N–H and O–H groups in total. The first kappa shape index (κ1) is 22.6. The van der Waals surface area contributed by atoms with Gasteiger partial charge in [0.1, 0.15) is 6.54 Å². The van der Waals surface area contributed by atoms with Gasteiger partial charge in [-0.15, -0.1) is 0 Å². The van der Waals surface area contributed by atoms with E-state index in [2.05, 4.69) is 25.1 Å². The maximum Gasteiger partial charge on any atom is 0.337 e. The zero-order chi connectivity index (χ0) is 24.4. The lowest BCUT2D eigenvalue weighted by Crippen LogP contribution is -2.43. The summed E-state index contributed by atoms with van der Waals surface area (Å²) in [5.41, 5.74) is 1.11. The van der Waals surface area contributed by atoms with Gasteiger partial charge in [0.2, 0.25) is 5.91 Å². The molecule has 3 amide bonds. The average molecular weight is 465 g/mol. The minimum absolute atomic E-state index is 0.175. The molecule has 2 aliphatic heterocycles. The van der Waals surface area contributed by atoms with Gasteiger partial charge in [-0.25, -0.2) is 14.5 Å². The van der Waals surface area contributed by atoms with E-state index in [1.54, 1.807) is 0 Å². The summed E-state index contributed by atoms with van der Waals surface area (Å²) in [5, 5.41) is 11.5. The van der Waals surface area contributed by atoms with Crippen LogP contribution in [0.3, 0.4) is 0 Å². The fraction of sp³-hybridized carbons (Fsp3) is 0.227. The summed E-state index contributed by atoms with van der Waals surface area (Å²) in [6, 6.07) is 9.76. The van der Waals surface area contributed by atoms with E-state index in [1.807, 2.05) is 0 Å². The van der Waals surface area contributed by atoms with Crippen LogP contribution in [0.15, 0.2) is 58.9 Å². The molecule has 2 heterocycles. The molecular formula is C22H19N5O7. The van der Waals surface area contributed by atoms with E-state index < -0.39 is 41.7 Å². The van der Waals surface area contributed by atoms with E-state index >= 15 is 0 Å². The number of hydrogen-bond donors (Lipinski definition) is 1. The molecule has 0 saturated carbocycles. The Morgan fingerprint density at radius 1 is 0.941 bits per heavy atom. The topological polar surface area (TPSA) is 147 Å². The molecule has 1 saturated heterocycles. The molecule has 0 unspecified atom stereocenters. The van der Waals surface area contributed by atoms with Crippen LogP contribution < -0.4 is 10.2 Å². The van der Waals surface area contributed by atoms with Crippen LogP contribution in [0.25, 0.3) is 0 Å². The second-order valence-electron chi connectivity index (χ2n) is 7.36. The second-order valence-corrected chi connectivity index (χ2v) is 7.36. The van der Waals surface area contributed by atoms with E-state index in [4.69, 9.17) is 0 Å². The number of amides is 3. The fourth-order valence-corrected chi connectivity index (χ4v) is 3.65. The Bertz CT molecular complexity index is 1210. The summed E-state index contributed by atoms with van der Waals surface area (Å²) in [5.74, 6) is -2.85. The fourth-order valence-electron chi connectivity index (χ4n) is 3.65. The highest BCUT2D eigenvalue weighted by Gasteiger charge is 2.55. The number of nitrogens with one attached hydrogen (secondary N) is 1. The van der Waals surface area contributed by atoms with Crippen molar-refractivity contribution >= 4 is 41.0 Å². The molecule has 0 spiro atoms. The van der Waals surface area contributed by atoms with Gasteiger partial charge in [0.15, 0.2) is 12.1 Å². The van der Waals surface area contributed by atoms with Crippen molar-refractivity contribution in [1.29, 1.82) is 0 Å². The van der Waals surface area contributed by atoms with E-state index in [1.165, 1.54) is 62.8 Å². The van der Waals surface area contributed by atoms with Crippen molar-refractivity contribution in [2.45, 2.75) is 12.1 Å². The number of methoxy groups -OCH3 is 2. The summed E-state index contributed by atoms with van der Waals surface area (Å²) >= 11 is 0. The van der Waals surface area contributed by atoms with Gasteiger partial charge in [0, 0.05) is 5.69 Å². The van der Waals surface area contributed by atoms with Crippen LogP contribution in [0, 0.1) is 0 Å². The zero-order valence-corrected chi connectivity index (χ0v) is 18.1. The van der Waals surface area contributed by atoms with Crippen molar-refractivity contribution in [3.05, 3.63) is 59.7 Å². The van der Waals surface area contributed by atoms with Crippen LogP contribution in [0.4, 0.5) is 11.4 Å². The van der Waals surface area contributed by atoms with Crippen molar-refractivity contribution in [2.75, 3.05) is 31.0 Å². The van der Waals surface area contributed by atoms with E-state index in [0.29, 0.717) is 11.3 Å². The minimum atomic E-state index is -1.10. The summed E-state index contributed by atoms with van der Waals surface area (Å²) < 4.78 is 9.31. The van der Waals surface area contributed by atoms with E-state index in [-0.39, 0.29) is 17.8 Å². The van der Waals surface area contributed by atoms with Crippen LogP contribution in [0.1, 0.15) is 20.7 Å². The van der Waals surface area contributed by atoms with Gasteiger partial charge in [-0.3, -0.25) is 19.4 Å². The molecule has 2 atom stereocenters. The number of hydrogen-bond acceptors (Lipinski definition) is 10. The van der Waals surface area contributed by atoms with Crippen molar-refractivity contribution in [3.8, 4) is 0 Å². The summed E-state index contributed by atoms with van der Waals surface area (Å²) in [6.07, 6.45) is 0. The first-order valence-corrected chi connectivity index (χ1v) is 10.1. The zero-order valence-electron chi connectivity index (χ0n) is 18.1. The second kappa shape index (κ2) is 9.10. The molecule has 2 aromatic carbocycles. The SMILES string of the molecule is COC(=O)c1ccc(NC(=O)CN2N=N[C@H]3C(=O)N(c4cccc(C(=O)OC)c4)C(=O)[C@@H]32)cc1. The molecule has 0 aliphatic carbocycles. The molecule has 4 rings (SSSR count). The van der Waals surface area contributed by atoms with Crippen molar-refractivity contribution < 1.29 is 33.4 Å². The Balaban J connectivity index is 1.45. The number of benzene rings is 2. The Kier molecular flexibility index (Phi) is 6.04. The van der Waals surface area contributed by atoms with Gasteiger partial charge in [-0.05, 0) is 42.5 Å². The predicted octanol–water partition coefficient (Wildman–Crippen LogP) is 1.19. The number of ether oxygens (including phenoxy) is 2. The minimum Gasteiger partial charge on any atom is -0.465 e. The third-order valence-electron chi connectivity index (χ3n) is 5.28. The van der Waals surface area contributed by atoms with Crippen LogP contribution in [-0.4, -0.2) is 67.5 Å². The van der Waals surface area contributed by atoms with Crippen molar-refractivity contribution in [3.63, 3.8) is 0 Å².